The summed E-state index contributed by atoms with van der Waals surface area (Å²) in [6.45, 7) is -0.315. The largest absolute Gasteiger partial charge is 0.480 e. The topological polar surface area (TPSA) is 116 Å². The highest BCUT2D eigenvalue weighted by atomic mass is 19.1. The second-order valence-corrected chi connectivity index (χ2v) is 2.97. The number of carbonyl (C=O) groups is 2. The Balaban J connectivity index is 2.70. The van der Waals surface area contributed by atoms with E-state index in [1.807, 2.05) is 5.32 Å². The molecule has 5 N–H and O–H groups in total. The zero-order chi connectivity index (χ0) is 11.6. The predicted octanol–water partition coefficient (Wildman–Crippen LogP) is -2.08. The molecule has 0 fully saturated rings. The summed E-state index contributed by atoms with van der Waals surface area (Å²) in [6, 6.07) is -1.28. The van der Waals surface area contributed by atoms with Crippen molar-refractivity contribution in [3.63, 3.8) is 0 Å². The number of hydrogen-bond acceptors (Lipinski definition) is 5. The number of nitrogens with zero attached hydrogens (tertiary/aromatic N) is 1. The Labute approximate surface area is 84.0 Å². The van der Waals surface area contributed by atoms with Crippen LogP contribution in [0.1, 0.15) is 0 Å². The fourth-order valence-corrected chi connectivity index (χ4v) is 1.00. The molecule has 0 radical (unpaired) electrons. The minimum absolute atomic E-state index is 0.315. The number of carbonyl (C=O) groups excluding carboxylic acids is 1. The number of aliphatic carboxylic acids is 1. The van der Waals surface area contributed by atoms with Crippen LogP contribution in [-0.4, -0.2) is 45.9 Å². The SMILES string of the molecule is NC(CN1C=C(F)C(=O)NC1O)C(=O)O. The lowest BCUT2D eigenvalue weighted by atomic mass is 10.3. The maximum atomic E-state index is 12.8. The first-order chi connectivity index (χ1) is 6.91. The molecule has 0 bridgehead atoms. The monoisotopic (exact) mass is 219 g/mol. The van der Waals surface area contributed by atoms with Crippen LogP contribution in [0.4, 0.5) is 4.39 Å². The zero-order valence-corrected chi connectivity index (χ0v) is 7.55. The van der Waals surface area contributed by atoms with E-state index < -0.39 is 30.1 Å². The standard InChI is InChI=1S/C7H10FN3O4/c8-3-1-11(2-4(9)6(13)14)7(15)10-5(3)12/h1,4,7,15H,2,9H2,(H,10,12)(H,13,14). The molecule has 0 aliphatic carbocycles. The maximum Gasteiger partial charge on any atom is 0.322 e. The summed E-state index contributed by atoms with van der Waals surface area (Å²) in [5.41, 5.74) is 5.17. The van der Waals surface area contributed by atoms with Crippen molar-refractivity contribution in [3.05, 3.63) is 12.0 Å². The van der Waals surface area contributed by atoms with E-state index >= 15 is 0 Å². The fourth-order valence-electron chi connectivity index (χ4n) is 1.00. The molecule has 2 unspecified atom stereocenters. The second-order valence-electron chi connectivity index (χ2n) is 2.97. The van der Waals surface area contributed by atoms with Gasteiger partial charge >= 0.3 is 5.97 Å². The minimum atomic E-state index is -1.47. The lowest BCUT2D eigenvalue weighted by molar-refractivity contribution is -0.139. The summed E-state index contributed by atoms with van der Waals surface area (Å²) in [4.78, 5) is 22.0. The van der Waals surface area contributed by atoms with Crippen LogP contribution in [0.15, 0.2) is 12.0 Å². The van der Waals surface area contributed by atoms with Crippen molar-refractivity contribution in [3.8, 4) is 0 Å². The van der Waals surface area contributed by atoms with Gasteiger partial charge in [-0.05, 0) is 0 Å². The lowest BCUT2D eigenvalue weighted by Crippen LogP contribution is -2.54. The average Bonchev–Trinajstić information content (AvgIpc) is 2.13. The van der Waals surface area contributed by atoms with Crippen molar-refractivity contribution < 1.29 is 24.2 Å². The van der Waals surface area contributed by atoms with Crippen LogP contribution < -0.4 is 11.1 Å². The molecule has 0 aromatic rings. The van der Waals surface area contributed by atoms with Crippen LogP contribution in [0, 0.1) is 0 Å². The molecule has 1 heterocycles. The van der Waals surface area contributed by atoms with E-state index in [9.17, 15) is 19.1 Å². The molecule has 1 rings (SSSR count). The van der Waals surface area contributed by atoms with Gasteiger partial charge in [0.2, 0.25) is 12.2 Å². The van der Waals surface area contributed by atoms with Crippen LogP contribution in [-0.2, 0) is 9.59 Å². The van der Waals surface area contributed by atoms with Crippen molar-refractivity contribution in [1.82, 2.24) is 10.2 Å². The Bertz CT molecular complexity index is 319. The lowest BCUT2D eigenvalue weighted by Gasteiger charge is -2.30. The molecule has 84 valence electrons. The third-order valence-corrected chi connectivity index (χ3v) is 1.80. The van der Waals surface area contributed by atoms with Crippen molar-refractivity contribution in [2.75, 3.05) is 6.54 Å². The Hall–Kier alpha value is -1.67. The van der Waals surface area contributed by atoms with Crippen molar-refractivity contribution in [1.29, 1.82) is 0 Å². The summed E-state index contributed by atoms with van der Waals surface area (Å²) in [6.07, 6.45) is -0.755. The first-order valence-electron chi connectivity index (χ1n) is 4.02. The Kier molecular flexibility index (Phi) is 3.22. The highest BCUT2D eigenvalue weighted by Crippen LogP contribution is 2.09. The summed E-state index contributed by atoms with van der Waals surface area (Å²) in [7, 11) is 0. The third-order valence-electron chi connectivity index (χ3n) is 1.80. The van der Waals surface area contributed by atoms with E-state index in [0.717, 1.165) is 4.90 Å². The quantitative estimate of drug-likeness (QED) is 0.433. The fraction of sp³-hybridized carbons (Fsp3) is 0.429. The molecule has 0 saturated heterocycles. The number of aliphatic hydroxyl groups excluding tert-OH is 1. The molecule has 0 aromatic heterocycles. The first kappa shape index (κ1) is 11.4. The number of nitrogens with two attached hydrogens (primary N) is 1. The number of aliphatic hydroxyl groups is 1. The summed E-state index contributed by atoms with van der Waals surface area (Å²) < 4.78 is 12.8. The molecule has 7 nitrogen and oxygen atoms in total. The van der Waals surface area contributed by atoms with E-state index in [2.05, 4.69) is 0 Å². The van der Waals surface area contributed by atoms with Gasteiger partial charge in [0.15, 0.2) is 0 Å². The van der Waals surface area contributed by atoms with E-state index in [0.29, 0.717) is 6.20 Å². The van der Waals surface area contributed by atoms with E-state index in [4.69, 9.17) is 10.8 Å². The van der Waals surface area contributed by atoms with E-state index in [1.54, 1.807) is 0 Å². The minimum Gasteiger partial charge on any atom is -0.480 e. The Morgan fingerprint density at radius 3 is 2.93 bits per heavy atom. The van der Waals surface area contributed by atoms with Crippen LogP contribution in [0.5, 0.6) is 0 Å². The normalized spacial score (nSPS) is 23.1. The summed E-state index contributed by atoms with van der Waals surface area (Å²) >= 11 is 0. The van der Waals surface area contributed by atoms with E-state index in [-0.39, 0.29) is 6.54 Å². The van der Waals surface area contributed by atoms with Crippen molar-refractivity contribution in [2.45, 2.75) is 12.4 Å². The highest BCUT2D eigenvalue weighted by Gasteiger charge is 2.27. The molecule has 15 heavy (non-hydrogen) atoms. The van der Waals surface area contributed by atoms with Gasteiger partial charge in [-0.1, -0.05) is 0 Å². The second kappa shape index (κ2) is 4.24. The molecule has 2 atom stereocenters. The van der Waals surface area contributed by atoms with Gasteiger partial charge in [0, 0.05) is 12.7 Å². The third kappa shape index (κ3) is 2.64. The van der Waals surface area contributed by atoms with Gasteiger partial charge in [-0.15, -0.1) is 0 Å². The smallest absolute Gasteiger partial charge is 0.322 e. The predicted molar refractivity (Wildman–Crippen MR) is 45.7 cm³/mol. The summed E-state index contributed by atoms with van der Waals surface area (Å²) in [5.74, 6) is -3.45. The molecule has 8 heteroatoms. The van der Waals surface area contributed by atoms with Gasteiger partial charge in [0.1, 0.15) is 6.04 Å². The number of halogens is 1. The number of nitrogens with one attached hydrogen (secondary N) is 1. The number of amides is 1. The molecule has 1 aliphatic rings. The van der Waals surface area contributed by atoms with Gasteiger partial charge in [0.25, 0.3) is 5.91 Å². The molecule has 0 saturated carbocycles. The molecule has 1 aliphatic heterocycles. The van der Waals surface area contributed by atoms with Gasteiger partial charge in [-0.2, -0.15) is 4.39 Å². The molecule has 0 aromatic carbocycles. The molecular weight excluding hydrogens is 209 g/mol. The molecule has 1 amide bonds. The zero-order valence-electron chi connectivity index (χ0n) is 7.55. The number of carboxylic acids is 1. The van der Waals surface area contributed by atoms with Gasteiger partial charge < -0.3 is 26.2 Å². The number of carboxylic acid groups (broad SMARTS) is 1. The number of rotatable bonds is 3. The maximum absolute atomic E-state index is 12.8. The van der Waals surface area contributed by atoms with Gasteiger partial charge in [0.05, 0.1) is 0 Å². The van der Waals surface area contributed by atoms with Crippen LogP contribution in [0.2, 0.25) is 0 Å². The number of hydrogen-bond donors (Lipinski definition) is 4. The Morgan fingerprint density at radius 1 is 1.80 bits per heavy atom. The first-order valence-corrected chi connectivity index (χ1v) is 4.02. The molecule has 0 spiro atoms. The average molecular weight is 219 g/mol. The van der Waals surface area contributed by atoms with E-state index in [1.165, 1.54) is 0 Å². The van der Waals surface area contributed by atoms with Gasteiger partial charge in [-0.25, -0.2) is 0 Å². The van der Waals surface area contributed by atoms with Gasteiger partial charge in [-0.3, -0.25) is 9.59 Å². The summed E-state index contributed by atoms with van der Waals surface area (Å²) in [5, 5.41) is 19.6. The van der Waals surface area contributed by atoms with Crippen LogP contribution in [0.3, 0.4) is 0 Å². The Morgan fingerprint density at radius 2 is 2.40 bits per heavy atom. The van der Waals surface area contributed by atoms with Crippen molar-refractivity contribution >= 4 is 11.9 Å². The van der Waals surface area contributed by atoms with Crippen LogP contribution >= 0.6 is 0 Å². The molecular formula is C7H10FN3O4. The highest BCUT2D eigenvalue weighted by molar-refractivity contribution is 5.91. The van der Waals surface area contributed by atoms with Crippen molar-refractivity contribution in [2.24, 2.45) is 5.73 Å². The van der Waals surface area contributed by atoms with Crippen LogP contribution in [0.25, 0.3) is 0 Å².